The molecule has 0 aromatic heterocycles. The molecule has 0 bridgehead atoms. The van der Waals surface area contributed by atoms with Crippen LogP contribution in [0.15, 0.2) is 18.2 Å². The fourth-order valence-electron chi connectivity index (χ4n) is 1.04. The summed E-state index contributed by atoms with van der Waals surface area (Å²) < 4.78 is 5.52. The van der Waals surface area contributed by atoms with Crippen molar-refractivity contribution in [2.45, 2.75) is 40.5 Å². The van der Waals surface area contributed by atoms with E-state index in [-0.39, 0.29) is 0 Å². The van der Waals surface area contributed by atoms with Crippen LogP contribution in [-0.4, -0.2) is 6.61 Å². The first-order valence-corrected chi connectivity index (χ1v) is 6.00. The minimum absolute atomic E-state index is 0.789. The van der Waals surface area contributed by atoms with Gasteiger partial charge in [0.15, 0.2) is 0 Å². The third-order valence-corrected chi connectivity index (χ3v) is 2.32. The van der Waals surface area contributed by atoms with Gasteiger partial charge in [0.1, 0.15) is 5.75 Å². The first-order chi connectivity index (χ1) is 7.24. The summed E-state index contributed by atoms with van der Waals surface area (Å²) >= 11 is 5.89. The van der Waals surface area contributed by atoms with Gasteiger partial charge in [0, 0.05) is 5.02 Å². The number of ether oxygens (including phenoxy) is 1. The summed E-state index contributed by atoms with van der Waals surface area (Å²) in [6.07, 6.45) is 2.26. The molecule has 1 aromatic carbocycles. The number of aryl methyl sites for hydroxylation is 1. The fraction of sp³-hybridized carbons (Fsp3) is 0.538. The van der Waals surface area contributed by atoms with E-state index in [0.717, 1.165) is 35.8 Å². The third-order valence-electron chi connectivity index (χ3n) is 1.90. The minimum atomic E-state index is 0.789. The van der Waals surface area contributed by atoms with Gasteiger partial charge in [-0.15, -0.1) is 0 Å². The first-order valence-electron chi connectivity index (χ1n) is 5.63. The van der Waals surface area contributed by atoms with Crippen molar-refractivity contribution >= 4 is 11.6 Å². The minimum Gasteiger partial charge on any atom is -0.494 e. The predicted molar refractivity (Wildman–Crippen MR) is 67.9 cm³/mol. The Balaban J connectivity index is 0.000000921. The SMILES string of the molecule is CC.CCCCOc1ccc(Cl)c(C)c1. The van der Waals surface area contributed by atoms with E-state index >= 15 is 0 Å². The van der Waals surface area contributed by atoms with Gasteiger partial charge >= 0.3 is 0 Å². The first kappa shape index (κ1) is 14.3. The zero-order valence-electron chi connectivity index (χ0n) is 10.1. The molecule has 0 radical (unpaired) electrons. The lowest BCUT2D eigenvalue weighted by molar-refractivity contribution is 0.309. The van der Waals surface area contributed by atoms with E-state index < -0.39 is 0 Å². The van der Waals surface area contributed by atoms with Crippen molar-refractivity contribution < 1.29 is 4.74 Å². The standard InChI is InChI=1S/C11H15ClO.C2H6/c1-3-4-7-13-10-5-6-11(12)9(2)8-10;1-2/h5-6,8H,3-4,7H2,1-2H3;1-2H3. The topological polar surface area (TPSA) is 9.23 Å². The second-order valence-electron chi connectivity index (χ2n) is 3.11. The summed E-state index contributed by atoms with van der Waals surface area (Å²) in [5.41, 5.74) is 1.07. The summed E-state index contributed by atoms with van der Waals surface area (Å²) in [6.45, 7) is 8.92. The van der Waals surface area contributed by atoms with Gasteiger partial charge in [-0.2, -0.15) is 0 Å². The molecule has 0 amide bonds. The molecule has 0 saturated heterocycles. The smallest absolute Gasteiger partial charge is 0.119 e. The summed E-state index contributed by atoms with van der Waals surface area (Å²) in [7, 11) is 0. The van der Waals surface area contributed by atoms with E-state index in [1.807, 2.05) is 39.0 Å². The van der Waals surface area contributed by atoms with Gasteiger partial charge in [0.05, 0.1) is 6.61 Å². The molecule has 0 heterocycles. The van der Waals surface area contributed by atoms with Crippen LogP contribution in [0.4, 0.5) is 0 Å². The monoisotopic (exact) mass is 228 g/mol. The van der Waals surface area contributed by atoms with Crippen molar-refractivity contribution in [3.63, 3.8) is 0 Å². The second kappa shape index (κ2) is 8.60. The summed E-state index contributed by atoms with van der Waals surface area (Å²) in [5.74, 6) is 0.912. The lowest BCUT2D eigenvalue weighted by Gasteiger charge is -2.06. The number of hydrogen-bond donors (Lipinski definition) is 0. The highest BCUT2D eigenvalue weighted by atomic mass is 35.5. The van der Waals surface area contributed by atoms with E-state index in [0.29, 0.717) is 0 Å². The molecule has 0 aliphatic heterocycles. The number of benzene rings is 1. The Labute approximate surface area is 98.4 Å². The zero-order chi connectivity index (χ0) is 11.7. The Kier molecular flexibility index (Phi) is 8.21. The number of rotatable bonds is 4. The van der Waals surface area contributed by atoms with Crippen LogP contribution in [0.2, 0.25) is 5.02 Å². The molecule has 1 aromatic rings. The Morgan fingerprint density at radius 1 is 1.27 bits per heavy atom. The maximum absolute atomic E-state index is 5.89. The maximum Gasteiger partial charge on any atom is 0.119 e. The van der Waals surface area contributed by atoms with Crippen LogP contribution in [-0.2, 0) is 0 Å². The molecule has 0 unspecified atom stereocenters. The van der Waals surface area contributed by atoms with Gasteiger partial charge < -0.3 is 4.74 Å². The molecule has 0 atom stereocenters. The zero-order valence-corrected chi connectivity index (χ0v) is 10.9. The highest BCUT2D eigenvalue weighted by Gasteiger charge is 1.97. The lowest BCUT2D eigenvalue weighted by atomic mass is 10.2. The predicted octanol–water partition coefficient (Wildman–Crippen LogP) is 4.85. The van der Waals surface area contributed by atoms with Crippen LogP contribution >= 0.6 is 11.6 Å². The van der Waals surface area contributed by atoms with Crippen molar-refractivity contribution in [3.05, 3.63) is 28.8 Å². The molecule has 0 saturated carbocycles. The third kappa shape index (κ3) is 5.68. The number of halogens is 1. The van der Waals surface area contributed by atoms with E-state index in [9.17, 15) is 0 Å². The normalized spacial score (nSPS) is 9.13. The van der Waals surface area contributed by atoms with Gasteiger partial charge in [-0.05, 0) is 37.1 Å². The van der Waals surface area contributed by atoms with Crippen molar-refractivity contribution in [1.82, 2.24) is 0 Å². The molecule has 0 fully saturated rings. The summed E-state index contributed by atoms with van der Waals surface area (Å²) in [5, 5.41) is 0.794. The van der Waals surface area contributed by atoms with Crippen LogP contribution in [0.1, 0.15) is 39.2 Å². The fourth-order valence-corrected chi connectivity index (χ4v) is 1.16. The van der Waals surface area contributed by atoms with Crippen LogP contribution < -0.4 is 4.74 Å². The maximum atomic E-state index is 5.89. The lowest BCUT2D eigenvalue weighted by Crippen LogP contribution is -1.96. The molecule has 86 valence electrons. The highest BCUT2D eigenvalue weighted by Crippen LogP contribution is 2.21. The largest absolute Gasteiger partial charge is 0.494 e. The molecular formula is C13H21ClO. The number of unbranched alkanes of at least 4 members (excludes halogenated alkanes) is 1. The van der Waals surface area contributed by atoms with Crippen molar-refractivity contribution in [2.24, 2.45) is 0 Å². The van der Waals surface area contributed by atoms with E-state index in [1.165, 1.54) is 0 Å². The molecule has 15 heavy (non-hydrogen) atoms. The Morgan fingerprint density at radius 3 is 2.47 bits per heavy atom. The summed E-state index contributed by atoms with van der Waals surface area (Å²) in [6, 6.07) is 5.75. The highest BCUT2D eigenvalue weighted by molar-refractivity contribution is 6.31. The second-order valence-corrected chi connectivity index (χ2v) is 3.52. The van der Waals surface area contributed by atoms with Gasteiger partial charge in [0.2, 0.25) is 0 Å². The molecule has 2 heteroatoms. The molecule has 1 rings (SSSR count). The summed E-state index contributed by atoms with van der Waals surface area (Å²) in [4.78, 5) is 0. The van der Waals surface area contributed by atoms with Crippen molar-refractivity contribution in [1.29, 1.82) is 0 Å². The van der Waals surface area contributed by atoms with Gasteiger partial charge in [-0.1, -0.05) is 38.8 Å². The number of hydrogen-bond acceptors (Lipinski definition) is 1. The van der Waals surface area contributed by atoms with Gasteiger partial charge in [0.25, 0.3) is 0 Å². The van der Waals surface area contributed by atoms with Gasteiger partial charge in [-0.3, -0.25) is 0 Å². The average molecular weight is 229 g/mol. The molecule has 0 spiro atoms. The van der Waals surface area contributed by atoms with E-state index in [4.69, 9.17) is 16.3 Å². The van der Waals surface area contributed by atoms with E-state index in [2.05, 4.69) is 6.92 Å². The van der Waals surface area contributed by atoms with E-state index in [1.54, 1.807) is 0 Å². The van der Waals surface area contributed by atoms with Crippen LogP contribution in [0.3, 0.4) is 0 Å². The van der Waals surface area contributed by atoms with Crippen molar-refractivity contribution in [3.8, 4) is 5.75 Å². The Bertz CT molecular complexity index is 271. The Morgan fingerprint density at radius 2 is 1.93 bits per heavy atom. The van der Waals surface area contributed by atoms with Crippen LogP contribution in [0, 0.1) is 6.92 Å². The van der Waals surface area contributed by atoms with Crippen molar-refractivity contribution in [2.75, 3.05) is 6.61 Å². The van der Waals surface area contributed by atoms with Gasteiger partial charge in [-0.25, -0.2) is 0 Å². The van der Waals surface area contributed by atoms with Crippen LogP contribution in [0.25, 0.3) is 0 Å². The van der Waals surface area contributed by atoms with Crippen LogP contribution in [0.5, 0.6) is 5.75 Å². The quantitative estimate of drug-likeness (QED) is 0.670. The molecule has 0 N–H and O–H groups in total. The molecule has 0 aliphatic carbocycles. The Hall–Kier alpha value is -0.690. The average Bonchev–Trinajstić information content (AvgIpc) is 2.27. The molecule has 0 aliphatic rings. The molecule has 1 nitrogen and oxygen atoms in total. The molecular weight excluding hydrogens is 208 g/mol.